The molecule has 7 heteroatoms. The van der Waals surface area contributed by atoms with Gasteiger partial charge in [0, 0.05) is 15.3 Å². The van der Waals surface area contributed by atoms with Gasteiger partial charge in [0.25, 0.3) is 5.91 Å². The normalized spacial score (nSPS) is 12.1. The van der Waals surface area contributed by atoms with Crippen molar-refractivity contribution in [2.75, 3.05) is 7.11 Å². The predicted octanol–water partition coefficient (Wildman–Crippen LogP) is 4.18. The summed E-state index contributed by atoms with van der Waals surface area (Å²) < 4.78 is 10.3. The van der Waals surface area contributed by atoms with Crippen LogP contribution in [0.2, 0.25) is 5.02 Å². The van der Waals surface area contributed by atoms with Crippen LogP contribution in [0.15, 0.2) is 46.2 Å². The first kappa shape index (κ1) is 16.5. The van der Waals surface area contributed by atoms with Crippen LogP contribution < -0.4 is 5.32 Å². The third-order valence-electron chi connectivity index (χ3n) is 3.49. The van der Waals surface area contributed by atoms with Crippen LogP contribution in [-0.2, 0) is 9.53 Å². The standard InChI is InChI=1S/C17H14ClNO4S/c1-22-16(20)9-12(15-3-2-6-24-15)19-17(21)14-8-10-7-11(18)4-5-13(10)23-14/h2-8,12H,9H2,1H3,(H,19,21). The number of furan rings is 1. The van der Waals surface area contributed by atoms with Crippen molar-refractivity contribution in [1.29, 1.82) is 0 Å². The van der Waals surface area contributed by atoms with Crippen molar-refractivity contribution in [2.24, 2.45) is 0 Å². The van der Waals surface area contributed by atoms with Crippen LogP contribution in [0.25, 0.3) is 11.0 Å². The molecule has 2 heterocycles. The topological polar surface area (TPSA) is 68.5 Å². The zero-order valence-corrected chi connectivity index (χ0v) is 14.3. The summed E-state index contributed by atoms with van der Waals surface area (Å²) in [6, 6.07) is 10.0. The van der Waals surface area contributed by atoms with E-state index in [2.05, 4.69) is 5.32 Å². The van der Waals surface area contributed by atoms with Crippen molar-refractivity contribution < 1.29 is 18.7 Å². The maximum Gasteiger partial charge on any atom is 0.307 e. The number of benzene rings is 1. The molecule has 124 valence electrons. The molecular formula is C17H14ClNO4S. The molecule has 0 aliphatic heterocycles. The Kier molecular flexibility index (Phi) is 4.87. The number of halogens is 1. The summed E-state index contributed by atoms with van der Waals surface area (Å²) in [5.41, 5.74) is 0.574. The quantitative estimate of drug-likeness (QED) is 0.690. The smallest absolute Gasteiger partial charge is 0.307 e. The molecule has 0 bridgehead atoms. The van der Waals surface area contributed by atoms with Gasteiger partial charge >= 0.3 is 5.97 Å². The number of nitrogens with one attached hydrogen (secondary N) is 1. The number of esters is 1. The van der Waals surface area contributed by atoms with E-state index in [9.17, 15) is 9.59 Å². The second kappa shape index (κ2) is 7.07. The first-order valence-corrected chi connectivity index (χ1v) is 8.43. The SMILES string of the molecule is COC(=O)CC(NC(=O)c1cc2cc(Cl)ccc2o1)c1cccs1. The number of rotatable bonds is 5. The highest BCUT2D eigenvalue weighted by atomic mass is 35.5. The second-order valence-electron chi connectivity index (χ2n) is 5.11. The van der Waals surface area contributed by atoms with E-state index in [1.807, 2.05) is 17.5 Å². The lowest BCUT2D eigenvalue weighted by Crippen LogP contribution is -2.29. The first-order chi connectivity index (χ1) is 11.6. The molecule has 3 rings (SSSR count). The molecule has 0 fully saturated rings. The molecule has 0 radical (unpaired) electrons. The maximum absolute atomic E-state index is 12.5. The molecule has 0 saturated carbocycles. The highest BCUT2D eigenvalue weighted by Crippen LogP contribution is 2.26. The molecular weight excluding hydrogens is 350 g/mol. The van der Waals surface area contributed by atoms with Crippen LogP contribution in [-0.4, -0.2) is 19.0 Å². The van der Waals surface area contributed by atoms with Gasteiger partial charge in [0.1, 0.15) is 5.58 Å². The minimum atomic E-state index is -0.471. The molecule has 2 aromatic heterocycles. The number of methoxy groups -OCH3 is 1. The molecule has 1 unspecified atom stereocenters. The molecule has 0 aliphatic rings. The third kappa shape index (κ3) is 3.60. The van der Waals surface area contributed by atoms with E-state index in [1.165, 1.54) is 18.4 Å². The molecule has 5 nitrogen and oxygen atoms in total. The molecule has 24 heavy (non-hydrogen) atoms. The molecule has 0 aliphatic carbocycles. The van der Waals surface area contributed by atoms with Crippen molar-refractivity contribution in [3.05, 3.63) is 57.4 Å². The fourth-order valence-corrected chi connectivity index (χ4v) is 3.28. The second-order valence-corrected chi connectivity index (χ2v) is 6.53. The summed E-state index contributed by atoms with van der Waals surface area (Å²) in [5, 5.41) is 6.02. The van der Waals surface area contributed by atoms with Crippen molar-refractivity contribution in [3.63, 3.8) is 0 Å². The molecule has 0 spiro atoms. The van der Waals surface area contributed by atoms with Crippen molar-refractivity contribution >= 4 is 45.8 Å². The predicted molar refractivity (Wildman–Crippen MR) is 92.4 cm³/mol. The summed E-state index contributed by atoms with van der Waals surface area (Å²) in [7, 11) is 1.32. The van der Waals surface area contributed by atoms with Gasteiger partial charge in [-0.15, -0.1) is 11.3 Å². The molecule has 1 aromatic carbocycles. The molecule has 1 amide bonds. The van der Waals surface area contributed by atoms with Crippen LogP contribution in [0.3, 0.4) is 0 Å². The number of carbonyl (C=O) groups excluding carboxylic acids is 2. The minimum absolute atomic E-state index is 0.0504. The highest BCUT2D eigenvalue weighted by molar-refractivity contribution is 7.10. The monoisotopic (exact) mass is 363 g/mol. The average Bonchev–Trinajstić information content (AvgIpc) is 3.22. The van der Waals surface area contributed by atoms with Crippen LogP contribution in [0.1, 0.15) is 27.9 Å². The van der Waals surface area contributed by atoms with Crippen LogP contribution in [0.4, 0.5) is 0 Å². The van der Waals surface area contributed by atoms with E-state index in [1.54, 1.807) is 24.3 Å². The zero-order chi connectivity index (χ0) is 17.1. The summed E-state index contributed by atoms with van der Waals surface area (Å²) in [5.74, 6) is -0.631. The lowest BCUT2D eigenvalue weighted by atomic mass is 10.1. The van der Waals surface area contributed by atoms with E-state index in [4.69, 9.17) is 20.8 Å². The van der Waals surface area contributed by atoms with Crippen LogP contribution in [0, 0.1) is 0 Å². The fourth-order valence-electron chi connectivity index (χ4n) is 2.32. The van der Waals surface area contributed by atoms with Gasteiger partial charge in [-0.2, -0.15) is 0 Å². The van der Waals surface area contributed by atoms with Gasteiger partial charge < -0.3 is 14.5 Å². The van der Waals surface area contributed by atoms with Crippen molar-refractivity contribution in [2.45, 2.75) is 12.5 Å². The Balaban J connectivity index is 1.82. The highest BCUT2D eigenvalue weighted by Gasteiger charge is 2.22. The average molecular weight is 364 g/mol. The minimum Gasteiger partial charge on any atom is -0.469 e. The molecule has 1 atom stereocenters. The van der Waals surface area contributed by atoms with Gasteiger partial charge in [-0.25, -0.2) is 0 Å². The number of thiophene rings is 1. The van der Waals surface area contributed by atoms with Crippen LogP contribution in [0.5, 0.6) is 0 Å². The Hall–Kier alpha value is -2.31. The molecule has 3 aromatic rings. The van der Waals surface area contributed by atoms with Gasteiger partial charge in [0.05, 0.1) is 19.6 Å². The summed E-state index contributed by atoms with van der Waals surface area (Å²) in [6.07, 6.45) is 0.0504. The fraction of sp³-hybridized carbons (Fsp3) is 0.176. The van der Waals surface area contributed by atoms with Crippen molar-refractivity contribution in [3.8, 4) is 0 Å². The molecule has 1 N–H and O–H groups in total. The Morgan fingerprint density at radius 1 is 1.33 bits per heavy atom. The third-order valence-corrected chi connectivity index (χ3v) is 4.71. The number of fused-ring (bicyclic) bond motifs is 1. The van der Waals surface area contributed by atoms with Gasteiger partial charge in [-0.1, -0.05) is 17.7 Å². The van der Waals surface area contributed by atoms with Gasteiger partial charge in [0.2, 0.25) is 0 Å². The summed E-state index contributed by atoms with van der Waals surface area (Å²) in [6.45, 7) is 0. The molecule has 0 saturated heterocycles. The lowest BCUT2D eigenvalue weighted by molar-refractivity contribution is -0.141. The Bertz CT molecular complexity index is 872. The summed E-state index contributed by atoms with van der Waals surface area (Å²) >= 11 is 7.40. The zero-order valence-electron chi connectivity index (χ0n) is 12.7. The first-order valence-electron chi connectivity index (χ1n) is 7.17. The Morgan fingerprint density at radius 2 is 2.17 bits per heavy atom. The summed E-state index contributed by atoms with van der Waals surface area (Å²) in [4.78, 5) is 25.0. The van der Waals surface area contributed by atoms with Crippen molar-refractivity contribution in [1.82, 2.24) is 5.32 Å². The van der Waals surface area contributed by atoms with E-state index < -0.39 is 17.9 Å². The number of hydrogen-bond acceptors (Lipinski definition) is 5. The van der Waals surface area contributed by atoms with Gasteiger partial charge in [-0.3, -0.25) is 9.59 Å². The number of hydrogen-bond donors (Lipinski definition) is 1. The number of carbonyl (C=O) groups is 2. The van der Waals surface area contributed by atoms with E-state index in [0.717, 1.165) is 10.3 Å². The van der Waals surface area contributed by atoms with E-state index >= 15 is 0 Å². The maximum atomic E-state index is 12.5. The van der Waals surface area contributed by atoms with Gasteiger partial charge in [-0.05, 0) is 35.7 Å². The lowest BCUT2D eigenvalue weighted by Gasteiger charge is -2.15. The number of ether oxygens (including phenoxy) is 1. The largest absolute Gasteiger partial charge is 0.469 e. The Morgan fingerprint density at radius 3 is 2.88 bits per heavy atom. The van der Waals surface area contributed by atoms with Crippen LogP contribution >= 0.6 is 22.9 Å². The Labute approximate surface area is 147 Å². The number of amides is 1. The van der Waals surface area contributed by atoms with Gasteiger partial charge in [0.15, 0.2) is 5.76 Å². The van der Waals surface area contributed by atoms with E-state index in [0.29, 0.717) is 10.6 Å². The van der Waals surface area contributed by atoms with E-state index in [-0.39, 0.29) is 12.2 Å².